The quantitative estimate of drug-likeness (QED) is 0.365. The second-order valence-electron chi connectivity index (χ2n) is 9.84. The van der Waals surface area contributed by atoms with E-state index in [1.54, 1.807) is 24.8 Å². The van der Waals surface area contributed by atoms with Crippen molar-refractivity contribution < 1.29 is 22.8 Å². The van der Waals surface area contributed by atoms with Crippen LogP contribution in [0.2, 0.25) is 0 Å². The Kier molecular flexibility index (Phi) is 8.62. The zero-order chi connectivity index (χ0) is 26.7. The van der Waals surface area contributed by atoms with Crippen molar-refractivity contribution in [3.63, 3.8) is 0 Å². The Bertz CT molecular complexity index is 1050. The van der Waals surface area contributed by atoms with Gasteiger partial charge in [0.2, 0.25) is 5.91 Å². The van der Waals surface area contributed by atoms with Gasteiger partial charge < -0.3 is 10.6 Å². The van der Waals surface area contributed by atoms with Gasteiger partial charge in [0.25, 0.3) is 5.91 Å². The molecule has 0 aliphatic carbocycles. The number of nitriles is 1. The fourth-order valence-electron chi connectivity index (χ4n) is 4.97. The predicted octanol–water partition coefficient (Wildman–Crippen LogP) is 4.19. The number of nitrogens with zero attached hydrogens (tertiary/aromatic N) is 4. The zero-order valence-corrected chi connectivity index (χ0v) is 21.4. The lowest BCUT2D eigenvalue weighted by Gasteiger charge is -2.29. The Hall–Kier alpha value is -2.71. The number of anilines is 1. The third-order valence-corrected chi connectivity index (χ3v) is 7.43. The molecule has 2 fully saturated rings. The van der Waals surface area contributed by atoms with E-state index in [2.05, 4.69) is 4.90 Å². The Labute approximate surface area is 215 Å². The van der Waals surface area contributed by atoms with Crippen LogP contribution in [0.1, 0.15) is 69.9 Å². The van der Waals surface area contributed by atoms with Gasteiger partial charge in [-0.25, -0.2) is 0 Å². The maximum atomic E-state index is 13.4. The maximum absolute atomic E-state index is 13.4. The van der Waals surface area contributed by atoms with Gasteiger partial charge in [0.1, 0.15) is 5.54 Å². The number of carbonyl (C=O) groups is 2. The van der Waals surface area contributed by atoms with Crippen LogP contribution in [0.3, 0.4) is 0 Å². The number of rotatable bonds is 10. The molecule has 1 atom stereocenters. The number of nitrogens with two attached hydrogens (primary N) is 1. The second kappa shape index (κ2) is 11.1. The van der Waals surface area contributed by atoms with Crippen LogP contribution in [0.25, 0.3) is 0 Å². The Morgan fingerprint density at radius 2 is 1.83 bits per heavy atom. The molecule has 2 aliphatic rings. The van der Waals surface area contributed by atoms with E-state index >= 15 is 0 Å². The molecule has 11 heteroatoms. The first-order valence-electron chi connectivity index (χ1n) is 12.2. The highest BCUT2D eigenvalue weighted by molar-refractivity contribution is 7.80. The molecule has 1 aromatic carbocycles. The van der Waals surface area contributed by atoms with Crippen molar-refractivity contribution in [3.8, 4) is 6.07 Å². The molecule has 0 bridgehead atoms. The number of halogens is 3. The minimum atomic E-state index is -4.73. The summed E-state index contributed by atoms with van der Waals surface area (Å²) >= 11 is 5.52. The van der Waals surface area contributed by atoms with Crippen molar-refractivity contribution in [1.29, 1.82) is 5.26 Å². The van der Waals surface area contributed by atoms with Gasteiger partial charge in [-0.15, -0.1) is 0 Å². The van der Waals surface area contributed by atoms with E-state index in [0.29, 0.717) is 6.54 Å². The van der Waals surface area contributed by atoms with E-state index in [-0.39, 0.29) is 22.7 Å². The normalized spacial score (nSPS) is 20.3. The van der Waals surface area contributed by atoms with E-state index in [9.17, 15) is 22.8 Å². The van der Waals surface area contributed by atoms with E-state index in [4.69, 9.17) is 23.2 Å². The SMILES string of the molecule is CC1(C)C(=O)N(c2ccc(C#N)c(C(F)(F)F)c2)C(=S)N1CCCCCCCN1CCC[C@@H]1C(N)=O. The summed E-state index contributed by atoms with van der Waals surface area (Å²) < 4.78 is 40.3. The molecule has 0 saturated carbocycles. The van der Waals surface area contributed by atoms with Crippen molar-refractivity contribution in [1.82, 2.24) is 9.80 Å². The summed E-state index contributed by atoms with van der Waals surface area (Å²) in [7, 11) is 0. The summed E-state index contributed by atoms with van der Waals surface area (Å²) in [5.41, 5.74) is 2.87. The van der Waals surface area contributed by atoms with E-state index in [1.165, 1.54) is 6.07 Å². The molecule has 2 amide bonds. The third-order valence-electron chi connectivity index (χ3n) is 7.03. The smallest absolute Gasteiger partial charge is 0.368 e. The minimum absolute atomic E-state index is 0.00285. The summed E-state index contributed by atoms with van der Waals surface area (Å²) in [5, 5.41) is 9.21. The summed E-state index contributed by atoms with van der Waals surface area (Å²) in [5.74, 6) is -0.657. The van der Waals surface area contributed by atoms with Gasteiger partial charge in [-0.05, 0) is 83.0 Å². The number of benzene rings is 1. The van der Waals surface area contributed by atoms with Gasteiger partial charge in [-0.1, -0.05) is 19.3 Å². The van der Waals surface area contributed by atoms with Crippen LogP contribution in [0, 0.1) is 11.3 Å². The highest BCUT2D eigenvalue weighted by Crippen LogP contribution is 2.38. The van der Waals surface area contributed by atoms with Crippen molar-refractivity contribution >= 4 is 34.8 Å². The molecule has 0 aromatic heterocycles. The lowest BCUT2D eigenvalue weighted by atomic mass is 10.0. The zero-order valence-electron chi connectivity index (χ0n) is 20.6. The standard InChI is InChI=1S/C25H32F3N5O2S/c1-24(2)22(35)33(18-11-10-17(16-29)19(15-18)25(26,27)28)23(36)32(24)14-7-5-3-4-6-12-31-13-8-9-20(31)21(30)34/h10-11,15,20H,3-9,12-14H2,1-2H3,(H2,30,34)/t20-/m1/s1. The number of hydrogen-bond donors (Lipinski definition) is 1. The van der Waals surface area contributed by atoms with Crippen LogP contribution in [-0.2, 0) is 15.8 Å². The number of unbranched alkanes of at least 4 members (excludes halogenated alkanes) is 4. The Morgan fingerprint density at radius 3 is 2.44 bits per heavy atom. The molecule has 0 radical (unpaired) electrons. The lowest BCUT2D eigenvalue weighted by Crippen LogP contribution is -2.44. The number of hydrogen-bond acceptors (Lipinski definition) is 5. The first kappa shape index (κ1) is 27.9. The topological polar surface area (TPSA) is 93.7 Å². The highest BCUT2D eigenvalue weighted by atomic mass is 32.1. The number of carbonyl (C=O) groups excluding carboxylic acids is 2. The molecule has 2 aliphatic heterocycles. The molecule has 0 unspecified atom stereocenters. The Morgan fingerprint density at radius 1 is 1.19 bits per heavy atom. The van der Waals surface area contributed by atoms with Crippen LogP contribution in [0.5, 0.6) is 0 Å². The molecule has 196 valence electrons. The predicted molar refractivity (Wildman–Crippen MR) is 134 cm³/mol. The average Bonchev–Trinajstić information content (AvgIpc) is 3.34. The second-order valence-corrected chi connectivity index (χ2v) is 10.2. The minimum Gasteiger partial charge on any atom is -0.368 e. The van der Waals surface area contributed by atoms with Crippen LogP contribution in [-0.4, -0.2) is 57.9 Å². The molecule has 2 heterocycles. The van der Waals surface area contributed by atoms with Crippen molar-refractivity contribution in [2.45, 2.75) is 76.6 Å². The molecule has 7 nitrogen and oxygen atoms in total. The van der Waals surface area contributed by atoms with Crippen molar-refractivity contribution in [3.05, 3.63) is 29.3 Å². The van der Waals surface area contributed by atoms with E-state index in [0.717, 1.165) is 75.1 Å². The van der Waals surface area contributed by atoms with Gasteiger partial charge in [-0.2, -0.15) is 18.4 Å². The molecule has 2 saturated heterocycles. The van der Waals surface area contributed by atoms with Crippen LogP contribution in [0.4, 0.5) is 18.9 Å². The van der Waals surface area contributed by atoms with Crippen LogP contribution >= 0.6 is 12.2 Å². The molecular formula is C25H32F3N5O2S. The number of alkyl halides is 3. The first-order valence-corrected chi connectivity index (χ1v) is 12.6. The van der Waals surface area contributed by atoms with Gasteiger partial charge >= 0.3 is 6.18 Å². The lowest BCUT2D eigenvalue weighted by molar-refractivity contribution is -0.137. The molecule has 2 N–H and O–H groups in total. The largest absolute Gasteiger partial charge is 0.417 e. The summed E-state index contributed by atoms with van der Waals surface area (Å²) in [6.07, 6.45) is 1.76. The molecule has 0 spiro atoms. The van der Waals surface area contributed by atoms with Gasteiger partial charge in [0.15, 0.2) is 5.11 Å². The average molecular weight is 524 g/mol. The monoisotopic (exact) mass is 523 g/mol. The fourth-order valence-corrected chi connectivity index (χ4v) is 5.48. The summed E-state index contributed by atoms with van der Waals surface area (Å²) in [4.78, 5) is 29.7. The number of likely N-dealkylation sites (tertiary alicyclic amines) is 1. The molecular weight excluding hydrogens is 491 g/mol. The van der Waals surface area contributed by atoms with Crippen LogP contribution < -0.4 is 10.6 Å². The number of primary amides is 1. The summed E-state index contributed by atoms with van der Waals surface area (Å²) in [6.45, 7) is 5.68. The molecule has 3 rings (SSSR count). The molecule has 1 aromatic rings. The fraction of sp³-hybridized carbons (Fsp3) is 0.600. The van der Waals surface area contributed by atoms with Crippen molar-refractivity contribution in [2.24, 2.45) is 5.73 Å². The first-order chi connectivity index (χ1) is 16.9. The van der Waals surface area contributed by atoms with Gasteiger partial charge in [-0.3, -0.25) is 19.4 Å². The third kappa shape index (κ3) is 5.81. The van der Waals surface area contributed by atoms with Crippen LogP contribution in [0.15, 0.2) is 18.2 Å². The van der Waals surface area contributed by atoms with E-state index < -0.39 is 28.7 Å². The van der Waals surface area contributed by atoms with Crippen molar-refractivity contribution in [2.75, 3.05) is 24.5 Å². The highest BCUT2D eigenvalue weighted by Gasteiger charge is 2.49. The van der Waals surface area contributed by atoms with Gasteiger partial charge in [0.05, 0.1) is 28.9 Å². The number of amides is 2. The molecule has 36 heavy (non-hydrogen) atoms. The Balaban J connectivity index is 1.55. The maximum Gasteiger partial charge on any atom is 0.417 e. The van der Waals surface area contributed by atoms with E-state index in [1.807, 2.05) is 0 Å². The summed E-state index contributed by atoms with van der Waals surface area (Å²) in [6, 6.07) is 4.60. The number of thiocarbonyl (C=S) groups is 1. The van der Waals surface area contributed by atoms with Gasteiger partial charge in [0, 0.05) is 6.54 Å².